The van der Waals surface area contributed by atoms with Crippen LogP contribution in [0.4, 0.5) is 0 Å². The first kappa shape index (κ1) is 20.3. The minimum absolute atomic E-state index is 0.0610. The number of Topliss-reactive ketones (excluding diaryl/α,β-unsaturated/α-hetero) is 1. The standard InChI is InChI=1S/C25H24O4/c1-18-10-12-20(13-11-18)23(14-15-24(26)27)25(28)21-8-5-9-22(16-21)29-17-19-6-3-2-4-7-19/h2-13,16,23H,14-15,17H2,1H3,(H,26,27). The van der Waals surface area contributed by atoms with Crippen molar-refractivity contribution in [2.24, 2.45) is 0 Å². The number of hydrogen-bond donors (Lipinski definition) is 1. The van der Waals surface area contributed by atoms with Gasteiger partial charge in [-0.2, -0.15) is 0 Å². The van der Waals surface area contributed by atoms with Gasteiger partial charge in [-0.25, -0.2) is 0 Å². The van der Waals surface area contributed by atoms with E-state index in [1.807, 2.05) is 67.6 Å². The molecule has 0 saturated carbocycles. The summed E-state index contributed by atoms with van der Waals surface area (Å²) in [4.78, 5) is 24.3. The average Bonchev–Trinajstić information content (AvgIpc) is 2.74. The van der Waals surface area contributed by atoms with Crippen LogP contribution in [0.5, 0.6) is 5.75 Å². The number of rotatable bonds is 9. The van der Waals surface area contributed by atoms with Crippen LogP contribution in [0, 0.1) is 6.92 Å². The van der Waals surface area contributed by atoms with Gasteiger partial charge in [0.05, 0.1) is 0 Å². The number of ketones is 1. The number of aliphatic carboxylic acids is 1. The van der Waals surface area contributed by atoms with Gasteiger partial charge in [0.1, 0.15) is 12.4 Å². The Balaban J connectivity index is 1.79. The third kappa shape index (κ3) is 5.79. The van der Waals surface area contributed by atoms with Crippen LogP contribution in [0.1, 0.15) is 45.8 Å². The predicted octanol–water partition coefficient (Wildman–Crippen LogP) is 5.41. The Morgan fingerprint density at radius 2 is 1.66 bits per heavy atom. The van der Waals surface area contributed by atoms with Crippen molar-refractivity contribution < 1.29 is 19.4 Å². The van der Waals surface area contributed by atoms with E-state index in [1.54, 1.807) is 18.2 Å². The molecule has 3 rings (SSSR count). The lowest BCUT2D eigenvalue weighted by atomic mass is 9.86. The quantitative estimate of drug-likeness (QED) is 0.498. The van der Waals surface area contributed by atoms with Crippen molar-refractivity contribution in [1.29, 1.82) is 0 Å². The Bertz CT molecular complexity index is 962. The molecule has 0 spiro atoms. The average molecular weight is 388 g/mol. The summed E-state index contributed by atoms with van der Waals surface area (Å²) < 4.78 is 5.84. The minimum Gasteiger partial charge on any atom is -0.489 e. The third-order valence-corrected chi connectivity index (χ3v) is 4.81. The molecule has 0 aliphatic carbocycles. The van der Waals surface area contributed by atoms with Crippen LogP contribution in [-0.2, 0) is 11.4 Å². The van der Waals surface area contributed by atoms with Crippen LogP contribution in [0.15, 0.2) is 78.9 Å². The molecule has 148 valence electrons. The van der Waals surface area contributed by atoms with Gasteiger partial charge in [-0.15, -0.1) is 0 Å². The summed E-state index contributed by atoms with van der Waals surface area (Å²) in [5, 5.41) is 9.10. The highest BCUT2D eigenvalue weighted by atomic mass is 16.5. The Hall–Kier alpha value is -3.40. The lowest BCUT2D eigenvalue weighted by Gasteiger charge is -2.17. The maximum absolute atomic E-state index is 13.2. The first-order valence-corrected chi connectivity index (χ1v) is 9.62. The summed E-state index contributed by atoms with van der Waals surface area (Å²) in [6, 6.07) is 24.6. The van der Waals surface area contributed by atoms with Crippen molar-refractivity contribution in [3.05, 3.63) is 101 Å². The molecule has 4 nitrogen and oxygen atoms in total. The lowest BCUT2D eigenvalue weighted by Crippen LogP contribution is -2.15. The fourth-order valence-electron chi connectivity index (χ4n) is 3.20. The van der Waals surface area contributed by atoms with Gasteiger partial charge in [0.15, 0.2) is 5.78 Å². The van der Waals surface area contributed by atoms with Crippen LogP contribution in [0.2, 0.25) is 0 Å². The van der Waals surface area contributed by atoms with E-state index in [-0.39, 0.29) is 18.6 Å². The third-order valence-electron chi connectivity index (χ3n) is 4.81. The highest BCUT2D eigenvalue weighted by molar-refractivity contribution is 6.01. The van der Waals surface area contributed by atoms with Crippen molar-refractivity contribution >= 4 is 11.8 Å². The molecule has 3 aromatic rings. The number of benzene rings is 3. The summed E-state index contributed by atoms with van der Waals surface area (Å²) in [5.41, 5.74) is 3.49. The van der Waals surface area contributed by atoms with E-state index in [9.17, 15) is 9.59 Å². The Morgan fingerprint density at radius 1 is 0.931 bits per heavy atom. The summed E-state index contributed by atoms with van der Waals surface area (Å²) in [6.45, 7) is 2.39. The maximum atomic E-state index is 13.2. The van der Waals surface area contributed by atoms with Gasteiger partial charge in [-0.05, 0) is 36.6 Å². The highest BCUT2D eigenvalue weighted by Gasteiger charge is 2.23. The second-order valence-electron chi connectivity index (χ2n) is 7.06. The van der Waals surface area contributed by atoms with Gasteiger partial charge in [-0.1, -0.05) is 72.3 Å². The van der Waals surface area contributed by atoms with Gasteiger partial charge >= 0.3 is 5.97 Å². The van der Waals surface area contributed by atoms with E-state index in [4.69, 9.17) is 9.84 Å². The molecule has 0 aliphatic rings. The Labute approximate surface area is 170 Å². The largest absolute Gasteiger partial charge is 0.489 e. The molecule has 0 aromatic heterocycles. The number of carboxylic acids is 1. The Morgan fingerprint density at radius 3 is 2.34 bits per heavy atom. The first-order chi connectivity index (χ1) is 14.0. The van der Waals surface area contributed by atoms with Crippen molar-refractivity contribution in [2.45, 2.75) is 32.3 Å². The molecule has 0 amide bonds. The van der Waals surface area contributed by atoms with E-state index < -0.39 is 11.9 Å². The van der Waals surface area contributed by atoms with Crippen LogP contribution >= 0.6 is 0 Å². The maximum Gasteiger partial charge on any atom is 0.303 e. The van der Waals surface area contributed by atoms with Crippen LogP contribution in [-0.4, -0.2) is 16.9 Å². The minimum atomic E-state index is -0.908. The molecule has 4 heteroatoms. The zero-order valence-corrected chi connectivity index (χ0v) is 16.4. The highest BCUT2D eigenvalue weighted by Crippen LogP contribution is 2.28. The molecule has 1 unspecified atom stereocenters. The first-order valence-electron chi connectivity index (χ1n) is 9.62. The van der Waals surface area contributed by atoms with Gasteiger partial charge < -0.3 is 9.84 Å². The second-order valence-corrected chi connectivity index (χ2v) is 7.06. The number of carbonyl (C=O) groups is 2. The molecule has 3 aromatic carbocycles. The topological polar surface area (TPSA) is 63.6 Å². The molecule has 0 aliphatic heterocycles. The smallest absolute Gasteiger partial charge is 0.303 e. The van der Waals surface area contributed by atoms with E-state index in [2.05, 4.69) is 0 Å². The van der Waals surface area contributed by atoms with E-state index in [0.29, 0.717) is 17.9 Å². The zero-order chi connectivity index (χ0) is 20.6. The van der Waals surface area contributed by atoms with Crippen LogP contribution in [0.3, 0.4) is 0 Å². The van der Waals surface area contributed by atoms with Gasteiger partial charge in [0.2, 0.25) is 0 Å². The second kappa shape index (κ2) is 9.69. The summed E-state index contributed by atoms with van der Waals surface area (Å²) in [7, 11) is 0. The van der Waals surface area contributed by atoms with Crippen molar-refractivity contribution in [1.82, 2.24) is 0 Å². The SMILES string of the molecule is Cc1ccc(C(CCC(=O)O)C(=O)c2cccc(OCc3ccccc3)c2)cc1. The fourth-order valence-corrected chi connectivity index (χ4v) is 3.20. The van der Waals surface area contributed by atoms with Gasteiger partial charge in [0, 0.05) is 17.9 Å². The lowest BCUT2D eigenvalue weighted by molar-refractivity contribution is -0.137. The molecule has 0 radical (unpaired) electrons. The van der Waals surface area contributed by atoms with E-state index in [0.717, 1.165) is 16.7 Å². The molecule has 1 atom stereocenters. The zero-order valence-electron chi connectivity index (χ0n) is 16.4. The molecule has 0 bridgehead atoms. The van der Waals surface area contributed by atoms with Crippen LogP contribution in [0.25, 0.3) is 0 Å². The monoisotopic (exact) mass is 388 g/mol. The summed E-state index contributed by atoms with van der Waals surface area (Å²) in [6.07, 6.45) is 0.195. The number of carboxylic acid groups (broad SMARTS) is 1. The molecule has 0 fully saturated rings. The Kier molecular flexibility index (Phi) is 6.80. The fraction of sp³-hybridized carbons (Fsp3) is 0.200. The molecular weight excluding hydrogens is 364 g/mol. The van der Waals surface area contributed by atoms with E-state index in [1.165, 1.54) is 0 Å². The summed E-state index contributed by atoms with van der Waals surface area (Å²) in [5.74, 6) is -0.896. The molecule has 0 heterocycles. The van der Waals surface area contributed by atoms with Crippen LogP contribution < -0.4 is 4.74 Å². The summed E-state index contributed by atoms with van der Waals surface area (Å²) >= 11 is 0. The van der Waals surface area contributed by atoms with Crippen molar-refractivity contribution in [3.8, 4) is 5.75 Å². The molecule has 0 saturated heterocycles. The number of aryl methyl sites for hydroxylation is 1. The predicted molar refractivity (Wildman–Crippen MR) is 112 cm³/mol. The van der Waals surface area contributed by atoms with Gasteiger partial charge in [-0.3, -0.25) is 9.59 Å². The molecule has 29 heavy (non-hydrogen) atoms. The van der Waals surface area contributed by atoms with Gasteiger partial charge in [0.25, 0.3) is 0 Å². The normalized spacial score (nSPS) is 11.6. The van der Waals surface area contributed by atoms with Crippen molar-refractivity contribution in [3.63, 3.8) is 0 Å². The number of ether oxygens (including phenoxy) is 1. The molecular formula is C25H24O4. The van der Waals surface area contributed by atoms with Crippen molar-refractivity contribution in [2.75, 3.05) is 0 Å². The number of carbonyl (C=O) groups excluding carboxylic acids is 1. The van der Waals surface area contributed by atoms with E-state index >= 15 is 0 Å². The number of hydrogen-bond acceptors (Lipinski definition) is 3. The molecule has 1 N–H and O–H groups in total.